The summed E-state index contributed by atoms with van der Waals surface area (Å²) in [5, 5.41) is -0.287. The van der Waals surface area contributed by atoms with Crippen LogP contribution in [0.4, 0.5) is 0 Å². The number of carbonyl (C=O) groups excluding carboxylic acids is 1. The second-order valence-corrected chi connectivity index (χ2v) is 4.78. The molecule has 1 unspecified atom stereocenters. The van der Waals surface area contributed by atoms with E-state index in [1.807, 2.05) is 18.7 Å². The third kappa shape index (κ3) is 3.37. The van der Waals surface area contributed by atoms with E-state index in [1.165, 1.54) is 19.3 Å². The number of hydrogen-bond acceptors (Lipinski definition) is 1. The van der Waals surface area contributed by atoms with Crippen molar-refractivity contribution < 1.29 is 4.79 Å². The van der Waals surface area contributed by atoms with Crippen molar-refractivity contribution in [1.82, 2.24) is 4.90 Å². The summed E-state index contributed by atoms with van der Waals surface area (Å²) in [5.41, 5.74) is 0. The van der Waals surface area contributed by atoms with Crippen LogP contribution < -0.4 is 0 Å². The van der Waals surface area contributed by atoms with Gasteiger partial charge in [0.2, 0.25) is 5.91 Å². The number of amides is 1. The minimum atomic E-state index is -0.287. The van der Waals surface area contributed by atoms with Crippen molar-refractivity contribution >= 4 is 17.5 Å². The van der Waals surface area contributed by atoms with E-state index in [1.54, 1.807) is 0 Å². The zero-order valence-electron chi connectivity index (χ0n) is 9.84. The van der Waals surface area contributed by atoms with Gasteiger partial charge >= 0.3 is 0 Å². The maximum absolute atomic E-state index is 12.0. The summed E-state index contributed by atoms with van der Waals surface area (Å²) in [4.78, 5) is 13.8. The quantitative estimate of drug-likeness (QED) is 0.681. The summed E-state index contributed by atoms with van der Waals surface area (Å²) >= 11 is 6.27. The molecule has 0 aromatic rings. The number of rotatable bonds is 4. The van der Waals surface area contributed by atoms with E-state index in [2.05, 4.69) is 0 Å². The highest BCUT2D eigenvalue weighted by atomic mass is 35.5. The lowest BCUT2D eigenvalue weighted by Gasteiger charge is -2.29. The molecule has 0 bridgehead atoms. The summed E-state index contributed by atoms with van der Waals surface area (Å²) in [6.07, 6.45) is 6.03. The molecule has 1 rings (SSSR count). The van der Waals surface area contributed by atoms with Crippen molar-refractivity contribution in [3.8, 4) is 0 Å². The second kappa shape index (κ2) is 6.37. The van der Waals surface area contributed by atoms with Crippen molar-refractivity contribution in [1.29, 1.82) is 0 Å². The Morgan fingerprint density at radius 2 is 1.80 bits per heavy atom. The fourth-order valence-corrected chi connectivity index (χ4v) is 2.73. The van der Waals surface area contributed by atoms with Gasteiger partial charge in [0.15, 0.2) is 0 Å². The van der Waals surface area contributed by atoms with Crippen LogP contribution in [-0.2, 0) is 4.79 Å². The zero-order valence-corrected chi connectivity index (χ0v) is 10.6. The van der Waals surface area contributed by atoms with Crippen molar-refractivity contribution in [3.63, 3.8) is 0 Å². The Balaban J connectivity index is 2.49. The molecule has 2 nitrogen and oxygen atoms in total. The lowest BCUT2D eigenvalue weighted by atomic mass is 9.86. The van der Waals surface area contributed by atoms with Gasteiger partial charge < -0.3 is 4.90 Å². The normalized spacial score (nSPS) is 19.9. The van der Waals surface area contributed by atoms with Gasteiger partial charge in [-0.05, 0) is 32.6 Å². The first kappa shape index (κ1) is 12.8. The Morgan fingerprint density at radius 1 is 1.27 bits per heavy atom. The van der Waals surface area contributed by atoms with Crippen LogP contribution in [0, 0.1) is 5.92 Å². The number of alkyl halides is 1. The molecule has 0 N–H and O–H groups in total. The molecule has 88 valence electrons. The molecule has 1 fully saturated rings. The highest BCUT2D eigenvalue weighted by Gasteiger charge is 2.29. The number of hydrogen-bond donors (Lipinski definition) is 0. The Bertz CT molecular complexity index is 198. The molecule has 1 aliphatic carbocycles. The monoisotopic (exact) mass is 231 g/mol. The summed E-state index contributed by atoms with van der Waals surface area (Å²) in [6, 6.07) is 0. The highest BCUT2D eigenvalue weighted by molar-refractivity contribution is 6.30. The molecule has 3 heteroatoms. The van der Waals surface area contributed by atoms with E-state index in [9.17, 15) is 4.79 Å². The maximum Gasteiger partial charge on any atom is 0.240 e. The van der Waals surface area contributed by atoms with Gasteiger partial charge in [0, 0.05) is 13.1 Å². The van der Waals surface area contributed by atoms with Crippen LogP contribution in [-0.4, -0.2) is 29.3 Å². The van der Waals surface area contributed by atoms with Crippen LogP contribution in [0.2, 0.25) is 0 Å². The molecular weight excluding hydrogens is 210 g/mol. The third-order valence-corrected chi connectivity index (χ3v) is 3.92. The lowest BCUT2D eigenvalue weighted by Crippen LogP contribution is -2.40. The van der Waals surface area contributed by atoms with Crippen molar-refractivity contribution in [2.24, 2.45) is 5.92 Å². The zero-order chi connectivity index (χ0) is 11.3. The molecule has 0 saturated heterocycles. The molecule has 15 heavy (non-hydrogen) atoms. The van der Waals surface area contributed by atoms with Crippen LogP contribution in [0.15, 0.2) is 0 Å². The molecule has 0 aromatic heterocycles. The first-order valence-electron chi connectivity index (χ1n) is 6.13. The first-order chi connectivity index (χ1) is 7.20. The van der Waals surface area contributed by atoms with Crippen molar-refractivity contribution in [2.75, 3.05) is 13.1 Å². The minimum absolute atomic E-state index is 0.133. The molecule has 1 saturated carbocycles. The molecule has 0 radical (unpaired) electrons. The summed E-state index contributed by atoms with van der Waals surface area (Å²) < 4.78 is 0. The predicted molar refractivity (Wildman–Crippen MR) is 64.1 cm³/mol. The minimum Gasteiger partial charge on any atom is -0.342 e. The third-order valence-electron chi connectivity index (χ3n) is 3.37. The summed E-state index contributed by atoms with van der Waals surface area (Å²) in [5.74, 6) is 0.544. The van der Waals surface area contributed by atoms with Gasteiger partial charge in [-0.15, -0.1) is 11.6 Å². The fraction of sp³-hybridized carbons (Fsp3) is 0.917. The van der Waals surface area contributed by atoms with Crippen molar-refractivity contribution in [3.05, 3.63) is 0 Å². The first-order valence-corrected chi connectivity index (χ1v) is 6.57. The average Bonchev–Trinajstić information content (AvgIpc) is 2.30. The van der Waals surface area contributed by atoms with Crippen LogP contribution >= 0.6 is 11.6 Å². The largest absolute Gasteiger partial charge is 0.342 e. The van der Waals surface area contributed by atoms with Crippen LogP contribution in [0.25, 0.3) is 0 Å². The summed E-state index contributed by atoms with van der Waals surface area (Å²) in [6.45, 7) is 5.55. The van der Waals surface area contributed by atoms with E-state index < -0.39 is 0 Å². The highest BCUT2D eigenvalue weighted by Crippen LogP contribution is 2.30. The van der Waals surface area contributed by atoms with Gasteiger partial charge in [0.25, 0.3) is 0 Å². The van der Waals surface area contributed by atoms with Crippen molar-refractivity contribution in [2.45, 2.75) is 51.3 Å². The maximum atomic E-state index is 12.0. The molecule has 1 aliphatic rings. The Labute approximate surface area is 98.0 Å². The molecule has 0 spiro atoms. The Hall–Kier alpha value is -0.240. The van der Waals surface area contributed by atoms with Gasteiger partial charge in [0.1, 0.15) is 5.38 Å². The van der Waals surface area contributed by atoms with Gasteiger partial charge in [-0.1, -0.05) is 19.3 Å². The molecule has 1 atom stereocenters. The molecule has 0 aliphatic heterocycles. The standard InChI is InChI=1S/C12H22ClNO/c1-3-14(4-2)12(15)11(13)10-8-6-5-7-9-10/h10-11H,3-9H2,1-2H3. The van der Waals surface area contributed by atoms with Crippen LogP contribution in [0.3, 0.4) is 0 Å². The molecular formula is C12H22ClNO. The predicted octanol–water partition coefficient (Wildman–Crippen LogP) is 3.04. The van der Waals surface area contributed by atoms with Gasteiger partial charge in [-0.25, -0.2) is 0 Å². The molecule has 0 heterocycles. The molecule has 0 aromatic carbocycles. The summed E-state index contributed by atoms with van der Waals surface area (Å²) in [7, 11) is 0. The second-order valence-electron chi connectivity index (χ2n) is 4.31. The SMILES string of the molecule is CCN(CC)C(=O)C(Cl)C1CCCCC1. The fourth-order valence-electron chi connectivity index (χ4n) is 2.34. The van der Waals surface area contributed by atoms with E-state index >= 15 is 0 Å². The van der Waals surface area contributed by atoms with Gasteiger partial charge in [-0.2, -0.15) is 0 Å². The van der Waals surface area contributed by atoms with Gasteiger partial charge in [0.05, 0.1) is 0 Å². The number of carbonyl (C=O) groups is 1. The number of halogens is 1. The van der Waals surface area contributed by atoms with Crippen LogP contribution in [0.5, 0.6) is 0 Å². The Kier molecular flexibility index (Phi) is 5.44. The molecule has 1 amide bonds. The number of nitrogens with zero attached hydrogens (tertiary/aromatic N) is 1. The van der Waals surface area contributed by atoms with E-state index in [4.69, 9.17) is 11.6 Å². The Morgan fingerprint density at radius 3 is 2.27 bits per heavy atom. The lowest BCUT2D eigenvalue weighted by molar-refractivity contribution is -0.131. The van der Waals surface area contributed by atoms with Crippen LogP contribution in [0.1, 0.15) is 46.0 Å². The topological polar surface area (TPSA) is 20.3 Å². The van der Waals surface area contributed by atoms with E-state index in [0.29, 0.717) is 5.92 Å². The smallest absolute Gasteiger partial charge is 0.240 e. The van der Waals surface area contributed by atoms with E-state index in [0.717, 1.165) is 25.9 Å². The van der Waals surface area contributed by atoms with E-state index in [-0.39, 0.29) is 11.3 Å². The van der Waals surface area contributed by atoms with Gasteiger partial charge in [-0.3, -0.25) is 4.79 Å². The average molecular weight is 232 g/mol.